The maximum Gasteiger partial charge on any atom is 0.115 e. The van der Waals surface area contributed by atoms with Crippen molar-refractivity contribution in [2.45, 2.75) is 18.3 Å². The predicted octanol–water partition coefficient (Wildman–Crippen LogP) is 2.26. The van der Waals surface area contributed by atoms with E-state index in [4.69, 9.17) is 0 Å². The molecule has 0 amide bonds. The molecule has 1 aromatic carbocycles. The van der Waals surface area contributed by atoms with Crippen LogP contribution < -0.4 is 0 Å². The quantitative estimate of drug-likeness (QED) is 0.830. The van der Waals surface area contributed by atoms with Crippen molar-refractivity contribution in [3.05, 3.63) is 54.1 Å². The predicted molar refractivity (Wildman–Crippen MR) is 60.2 cm³/mol. The molecule has 3 heteroatoms. The zero-order chi connectivity index (χ0) is 11.0. The van der Waals surface area contributed by atoms with E-state index in [1.54, 1.807) is 24.7 Å². The summed E-state index contributed by atoms with van der Waals surface area (Å²) in [6.45, 7) is 0. The van der Waals surface area contributed by atoms with Crippen LogP contribution in [0.3, 0.4) is 0 Å². The van der Waals surface area contributed by atoms with Gasteiger partial charge in [0.2, 0.25) is 0 Å². The number of benzene rings is 1. The fraction of sp³-hybridized carbons (Fsp3) is 0.231. The molecule has 0 saturated heterocycles. The van der Waals surface area contributed by atoms with Crippen molar-refractivity contribution in [2.24, 2.45) is 0 Å². The van der Waals surface area contributed by atoms with Gasteiger partial charge in [-0.1, -0.05) is 12.1 Å². The molecule has 3 nitrogen and oxygen atoms in total. The third kappa shape index (κ3) is 1.36. The Bertz CT molecular complexity index is 489. The summed E-state index contributed by atoms with van der Waals surface area (Å²) in [5.41, 5.74) is 2.37. The molecule has 1 aliphatic carbocycles. The minimum absolute atomic E-state index is 0.0661. The van der Waals surface area contributed by atoms with Crippen LogP contribution in [0.25, 0.3) is 0 Å². The topological polar surface area (TPSA) is 46.0 Å². The molecule has 1 aliphatic rings. The standard InChI is InChI=1S/C13H12N2O/c16-11-3-1-10(2-4-11)13(6-7-13)12-5-8-14-9-15-12/h1-5,8-9,16H,6-7H2. The highest BCUT2D eigenvalue weighted by molar-refractivity contribution is 5.43. The van der Waals surface area contributed by atoms with Crippen LogP contribution in [-0.2, 0) is 5.41 Å². The molecule has 0 unspecified atom stereocenters. The van der Waals surface area contributed by atoms with Crippen LogP contribution in [0.5, 0.6) is 5.75 Å². The minimum Gasteiger partial charge on any atom is -0.508 e. The second kappa shape index (κ2) is 3.30. The average Bonchev–Trinajstić information content (AvgIpc) is 3.13. The molecule has 0 radical (unpaired) electrons. The third-order valence-corrected chi connectivity index (χ3v) is 3.24. The smallest absolute Gasteiger partial charge is 0.115 e. The summed E-state index contributed by atoms with van der Waals surface area (Å²) in [5, 5.41) is 9.29. The van der Waals surface area contributed by atoms with Gasteiger partial charge in [-0.3, -0.25) is 0 Å². The lowest BCUT2D eigenvalue weighted by molar-refractivity contribution is 0.475. The van der Waals surface area contributed by atoms with Gasteiger partial charge in [0.1, 0.15) is 12.1 Å². The number of rotatable bonds is 2. The first kappa shape index (κ1) is 9.33. The first-order valence-electron chi connectivity index (χ1n) is 5.37. The molecule has 1 fully saturated rings. The highest BCUT2D eigenvalue weighted by Gasteiger charge is 2.47. The summed E-state index contributed by atoms with van der Waals surface area (Å²) in [6.07, 6.45) is 5.61. The summed E-state index contributed by atoms with van der Waals surface area (Å²) in [4.78, 5) is 8.28. The van der Waals surface area contributed by atoms with Crippen molar-refractivity contribution in [1.82, 2.24) is 9.97 Å². The van der Waals surface area contributed by atoms with Gasteiger partial charge in [0.25, 0.3) is 0 Å². The van der Waals surface area contributed by atoms with E-state index in [9.17, 15) is 5.11 Å². The van der Waals surface area contributed by atoms with Gasteiger partial charge in [-0.25, -0.2) is 9.97 Å². The van der Waals surface area contributed by atoms with E-state index in [0.29, 0.717) is 5.75 Å². The van der Waals surface area contributed by atoms with Gasteiger partial charge >= 0.3 is 0 Å². The summed E-state index contributed by atoms with van der Waals surface area (Å²) in [7, 11) is 0. The molecule has 16 heavy (non-hydrogen) atoms. The van der Waals surface area contributed by atoms with Gasteiger partial charge in [-0.15, -0.1) is 0 Å². The summed E-state index contributed by atoms with van der Waals surface area (Å²) < 4.78 is 0. The minimum atomic E-state index is 0.0661. The van der Waals surface area contributed by atoms with Gasteiger partial charge < -0.3 is 5.11 Å². The Morgan fingerprint density at radius 2 is 1.81 bits per heavy atom. The molecule has 0 atom stereocenters. The molecular weight excluding hydrogens is 200 g/mol. The highest BCUT2D eigenvalue weighted by atomic mass is 16.3. The Kier molecular flexibility index (Phi) is 1.93. The average molecular weight is 212 g/mol. The van der Waals surface area contributed by atoms with E-state index in [1.807, 2.05) is 18.2 Å². The number of hydrogen-bond donors (Lipinski definition) is 1. The van der Waals surface area contributed by atoms with E-state index in [-0.39, 0.29) is 5.41 Å². The van der Waals surface area contributed by atoms with Crippen molar-refractivity contribution in [3.63, 3.8) is 0 Å². The fourth-order valence-electron chi connectivity index (χ4n) is 2.17. The van der Waals surface area contributed by atoms with Crippen LogP contribution >= 0.6 is 0 Å². The highest BCUT2D eigenvalue weighted by Crippen LogP contribution is 2.52. The van der Waals surface area contributed by atoms with Gasteiger partial charge in [0, 0.05) is 11.6 Å². The summed E-state index contributed by atoms with van der Waals surface area (Å²) >= 11 is 0. The van der Waals surface area contributed by atoms with Crippen LogP contribution in [0.15, 0.2) is 42.9 Å². The van der Waals surface area contributed by atoms with Crippen LogP contribution in [0.1, 0.15) is 24.1 Å². The molecule has 0 aliphatic heterocycles. The number of hydrogen-bond acceptors (Lipinski definition) is 3. The largest absolute Gasteiger partial charge is 0.508 e. The molecule has 3 rings (SSSR count). The maximum absolute atomic E-state index is 9.29. The third-order valence-electron chi connectivity index (χ3n) is 3.24. The van der Waals surface area contributed by atoms with Gasteiger partial charge in [0.15, 0.2) is 0 Å². The van der Waals surface area contributed by atoms with Crippen molar-refractivity contribution in [3.8, 4) is 5.75 Å². The molecular formula is C13H12N2O. The second-order valence-electron chi connectivity index (χ2n) is 4.22. The number of aromatic hydroxyl groups is 1. The number of aromatic nitrogens is 2. The monoisotopic (exact) mass is 212 g/mol. The Morgan fingerprint density at radius 3 is 2.38 bits per heavy atom. The molecule has 2 aromatic rings. The SMILES string of the molecule is Oc1ccc(C2(c3ccncn3)CC2)cc1. The molecule has 1 saturated carbocycles. The van der Waals surface area contributed by atoms with Crippen LogP contribution in [0.2, 0.25) is 0 Å². The number of phenols is 1. The summed E-state index contributed by atoms with van der Waals surface area (Å²) in [5.74, 6) is 0.308. The van der Waals surface area contributed by atoms with Crippen molar-refractivity contribution < 1.29 is 5.11 Å². The van der Waals surface area contributed by atoms with Crippen LogP contribution in [-0.4, -0.2) is 15.1 Å². The maximum atomic E-state index is 9.29. The molecule has 0 spiro atoms. The molecule has 1 aromatic heterocycles. The first-order chi connectivity index (χ1) is 7.81. The van der Waals surface area contributed by atoms with E-state index in [0.717, 1.165) is 18.5 Å². The Hall–Kier alpha value is -1.90. The molecule has 1 heterocycles. The molecule has 0 bridgehead atoms. The van der Waals surface area contributed by atoms with Crippen LogP contribution in [0.4, 0.5) is 0 Å². The lowest BCUT2D eigenvalue weighted by atomic mass is 9.92. The Labute approximate surface area is 93.8 Å². The van der Waals surface area contributed by atoms with E-state index < -0.39 is 0 Å². The van der Waals surface area contributed by atoms with Gasteiger partial charge in [-0.05, 0) is 36.6 Å². The van der Waals surface area contributed by atoms with E-state index in [1.165, 1.54) is 5.56 Å². The lowest BCUT2D eigenvalue weighted by Gasteiger charge is -2.14. The van der Waals surface area contributed by atoms with Gasteiger partial charge in [-0.2, -0.15) is 0 Å². The zero-order valence-electron chi connectivity index (χ0n) is 8.80. The van der Waals surface area contributed by atoms with Crippen LogP contribution in [0, 0.1) is 0 Å². The Balaban J connectivity index is 2.03. The zero-order valence-corrected chi connectivity index (χ0v) is 8.80. The lowest BCUT2D eigenvalue weighted by Crippen LogP contribution is -2.10. The molecule has 80 valence electrons. The number of phenolic OH excluding ortho intramolecular Hbond substituents is 1. The molecule has 1 N–H and O–H groups in total. The normalized spacial score (nSPS) is 17.0. The summed E-state index contributed by atoms with van der Waals surface area (Å²) in [6, 6.07) is 9.39. The van der Waals surface area contributed by atoms with Gasteiger partial charge in [0.05, 0.1) is 5.69 Å². The fourth-order valence-corrected chi connectivity index (χ4v) is 2.17. The van der Waals surface area contributed by atoms with E-state index >= 15 is 0 Å². The van der Waals surface area contributed by atoms with Crippen molar-refractivity contribution in [2.75, 3.05) is 0 Å². The second-order valence-corrected chi connectivity index (χ2v) is 4.22. The van der Waals surface area contributed by atoms with Crippen molar-refractivity contribution in [1.29, 1.82) is 0 Å². The van der Waals surface area contributed by atoms with Crippen molar-refractivity contribution >= 4 is 0 Å². The number of nitrogens with zero attached hydrogens (tertiary/aromatic N) is 2. The first-order valence-corrected chi connectivity index (χ1v) is 5.37. The Morgan fingerprint density at radius 1 is 1.06 bits per heavy atom. The van der Waals surface area contributed by atoms with E-state index in [2.05, 4.69) is 9.97 Å².